The fourth-order valence-corrected chi connectivity index (χ4v) is 6.51. The standard InChI is InChI=1S/C20H21FN2O2S2/c1-13-7-8-15(9-14(13)2)10-26-20-22-17-11-27(24,25)12-19(17)23(20)18-6-4-3-5-16(18)21/h3-9,17,19H,10-12H2,1-2H3/t17-,19+/m0/s1. The first-order valence-electron chi connectivity index (χ1n) is 8.85. The van der Waals surface area contributed by atoms with Gasteiger partial charge in [0, 0.05) is 5.75 Å². The quantitative estimate of drug-likeness (QED) is 0.782. The molecule has 0 unspecified atom stereocenters. The minimum Gasteiger partial charge on any atom is -0.312 e. The number of aryl methyl sites for hydroxylation is 2. The van der Waals surface area contributed by atoms with Gasteiger partial charge in [-0.25, -0.2) is 12.8 Å². The van der Waals surface area contributed by atoms with Gasteiger partial charge < -0.3 is 4.90 Å². The van der Waals surface area contributed by atoms with E-state index in [0.717, 1.165) is 0 Å². The first kappa shape index (κ1) is 18.5. The number of para-hydroxylation sites is 1. The molecule has 0 saturated carbocycles. The average molecular weight is 405 g/mol. The van der Waals surface area contributed by atoms with Crippen LogP contribution < -0.4 is 4.90 Å². The molecule has 0 bridgehead atoms. The van der Waals surface area contributed by atoms with E-state index in [1.807, 2.05) is 0 Å². The maximum Gasteiger partial charge on any atom is 0.164 e. The summed E-state index contributed by atoms with van der Waals surface area (Å²) in [5.74, 6) is 0.401. The number of hydrogen-bond acceptors (Lipinski definition) is 5. The highest BCUT2D eigenvalue weighted by atomic mass is 32.2. The van der Waals surface area contributed by atoms with Gasteiger partial charge in [-0.15, -0.1) is 0 Å². The lowest BCUT2D eigenvalue weighted by Crippen LogP contribution is -2.39. The summed E-state index contributed by atoms with van der Waals surface area (Å²) >= 11 is 1.53. The molecule has 7 heteroatoms. The highest BCUT2D eigenvalue weighted by Crippen LogP contribution is 2.37. The van der Waals surface area contributed by atoms with E-state index in [4.69, 9.17) is 0 Å². The van der Waals surface area contributed by atoms with Crippen LogP contribution in [0.2, 0.25) is 0 Å². The molecule has 0 aliphatic carbocycles. The van der Waals surface area contributed by atoms with E-state index >= 15 is 0 Å². The van der Waals surface area contributed by atoms with Crippen molar-refractivity contribution < 1.29 is 12.8 Å². The number of rotatable bonds is 3. The Morgan fingerprint density at radius 1 is 1.15 bits per heavy atom. The van der Waals surface area contributed by atoms with Gasteiger partial charge in [0.05, 0.1) is 29.3 Å². The third-order valence-electron chi connectivity index (χ3n) is 5.16. The summed E-state index contributed by atoms with van der Waals surface area (Å²) < 4.78 is 38.6. The largest absolute Gasteiger partial charge is 0.312 e. The number of thioether (sulfide) groups is 1. The number of anilines is 1. The Morgan fingerprint density at radius 2 is 1.93 bits per heavy atom. The van der Waals surface area contributed by atoms with Gasteiger partial charge >= 0.3 is 0 Å². The van der Waals surface area contributed by atoms with Crippen LogP contribution in [0.5, 0.6) is 0 Å². The van der Waals surface area contributed by atoms with Crippen molar-refractivity contribution in [3.05, 3.63) is 65.0 Å². The van der Waals surface area contributed by atoms with E-state index in [1.165, 1.54) is 34.5 Å². The Labute approximate surface area is 163 Å². The number of amidine groups is 1. The molecule has 2 heterocycles. The van der Waals surface area contributed by atoms with Gasteiger partial charge in [-0.2, -0.15) is 0 Å². The van der Waals surface area contributed by atoms with Crippen LogP contribution in [0.3, 0.4) is 0 Å². The van der Waals surface area contributed by atoms with E-state index in [2.05, 4.69) is 37.0 Å². The molecule has 2 atom stereocenters. The molecule has 2 aromatic carbocycles. The number of benzene rings is 2. The number of fused-ring (bicyclic) bond motifs is 1. The van der Waals surface area contributed by atoms with Crippen molar-refractivity contribution in [2.45, 2.75) is 31.7 Å². The molecule has 1 fully saturated rings. The predicted octanol–water partition coefficient (Wildman–Crippen LogP) is 3.72. The Balaban J connectivity index is 1.63. The molecule has 0 N–H and O–H groups in total. The maximum atomic E-state index is 14.5. The SMILES string of the molecule is Cc1ccc(CSC2=N[C@H]3CS(=O)(=O)C[C@H]3N2c2ccccc2F)cc1C. The summed E-state index contributed by atoms with van der Waals surface area (Å²) in [6.07, 6.45) is 0. The molecule has 4 nitrogen and oxygen atoms in total. The number of hydrogen-bond donors (Lipinski definition) is 0. The van der Waals surface area contributed by atoms with Crippen LogP contribution in [0.15, 0.2) is 47.5 Å². The molecule has 4 rings (SSSR count). The zero-order chi connectivity index (χ0) is 19.2. The first-order chi connectivity index (χ1) is 12.8. The van der Waals surface area contributed by atoms with Crippen molar-refractivity contribution in [1.82, 2.24) is 0 Å². The van der Waals surface area contributed by atoms with E-state index in [1.54, 1.807) is 23.1 Å². The normalized spacial score (nSPS) is 23.4. The second kappa shape index (κ2) is 6.95. The molecule has 2 aliphatic heterocycles. The summed E-state index contributed by atoms with van der Waals surface area (Å²) in [6, 6.07) is 12.2. The first-order valence-corrected chi connectivity index (χ1v) is 11.7. The molecule has 1 saturated heterocycles. The van der Waals surface area contributed by atoms with E-state index in [0.29, 0.717) is 16.6 Å². The third-order valence-corrected chi connectivity index (χ3v) is 7.90. The smallest absolute Gasteiger partial charge is 0.164 e. The second-order valence-corrected chi connectivity index (χ2v) is 10.2. The minimum atomic E-state index is -3.14. The number of nitrogens with zero attached hydrogens (tertiary/aromatic N) is 2. The fraction of sp³-hybridized carbons (Fsp3) is 0.350. The van der Waals surface area contributed by atoms with Crippen LogP contribution in [0.1, 0.15) is 16.7 Å². The topological polar surface area (TPSA) is 49.7 Å². The summed E-state index contributed by atoms with van der Waals surface area (Å²) in [5.41, 5.74) is 4.04. The van der Waals surface area contributed by atoms with E-state index in [9.17, 15) is 12.8 Å². The summed E-state index contributed by atoms with van der Waals surface area (Å²) in [5, 5.41) is 0.697. The Bertz CT molecular complexity index is 1020. The van der Waals surface area contributed by atoms with Crippen LogP contribution in [-0.4, -0.2) is 37.2 Å². The predicted molar refractivity (Wildman–Crippen MR) is 110 cm³/mol. The zero-order valence-corrected chi connectivity index (χ0v) is 16.9. The third kappa shape index (κ3) is 3.62. The van der Waals surface area contributed by atoms with Crippen molar-refractivity contribution in [3.8, 4) is 0 Å². The zero-order valence-electron chi connectivity index (χ0n) is 15.2. The van der Waals surface area contributed by atoms with Crippen LogP contribution in [0, 0.1) is 19.7 Å². The van der Waals surface area contributed by atoms with Gasteiger partial charge in [0.25, 0.3) is 0 Å². The number of halogens is 1. The molecular weight excluding hydrogens is 383 g/mol. The molecule has 0 amide bonds. The van der Waals surface area contributed by atoms with Crippen LogP contribution >= 0.6 is 11.8 Å². The molecular formula is C20H21FN2O2S2. The average Bonchev–Trinajstić information content (AvgIpc) is 3.08. The number of aliphatic imine (C=N–C) groups is 1. The van der Waals surface area contributed by atoms with Crippen LogP contribution in [-0.2, 0) is 15.6 Å². The van der Waals surface area contributed by atoms with Crippen molar-refractivity contribution in [2.75, 3.05) is 16.4 Å². The van der Waals surface area contributed by atoms with Gasteiger partial charge in [0.15, 0.2) is 15.0 Å². The summed E-state index contributed by atoms with van der Waals surface area (Å²) in [7, 11) is -3.14. The summed E-state index contributed by atoms with van der Waals surface area (Å²) in [6.45, 7) is 4.16. The maximum absolute atomic E-state index is 14.5. The fourth-order valence-electron chi connectivity index (χ4n) is 3.60. The van der Waals surface area contributed by atoms with Gasteiger partial charge in [0.1, 0.15) is 5.82 Å². The number of sulfone groups is 1. The van der Waals surface area contributed by atoms with Crippen molar-refractivity contribution in [3.63, 3.8) is 0 Å². The second-order valence-electron chi connectivity index (χ2n) is 7.15. The summed E-state index contributed by atoms with van der Waals surface area (Å²) in [4.78, 5) is 6.45. The molecule has 0 spiro atoms. The lowest BCUT2D eigenvalue weighted by molar-refractivity contribution is 0.600. The highest BCUT2D eigenvalue weighted by Gasteiger charge is 2.47. The minimum absolute atomic E-state index is 0.0171. The Morgan fingerprint density at radius 3 is 2.67 bits per heavy atom. The van der Waals surface area contributed by atoms with Gasteiger partial charge in [-0.3, -0.25) is 4.99 Å². The van der Waals surface area contributed by atoms with Crippen molar-refractivity contribution >= 4 is 32.5 Å². The van der Waals surface area contributed by atoms with E-state index in [-0.39, 0.29) is 29.4 Å². The van der Waals surface area contributed by atoms with Gasteiger partial charge in [-0.1, -0.05) is 42.1 Å². The van der Waals surface area contributed by atoms with Gasteiger partial charge in [0.2, 0.25) is 0 Å². The van der Waals surface area contributed by atoms with E-state index < -0.39 is 9.84 Å². The molecule has 2 aromatic rings. The lowest BCUT2D eigenvalue weighted by Gasteiger charge is -2.26. The van der Waals surface area contributed by atoms with Crippen LogP contribution in [0.25, 0.3) is 0 Å². The highest BCUT2D eigenvalue weighted by molar-refractivity contribution is 8.13. The molecule has 2 aliphatic rings. The van der Waals surface area contributed by atoms with Crippen molar-refractivity contribution in [2.24, 2.45) is 4.99 Å². The Hall–Kier alpha value is -1.86. The van der Waals surface area contributed by atoms with Crippen molar-refractivity contribution in [1.29, 1.82) is 0 Å². The lowest BCUT2D eigenvalue weighted by atomic mass is 10.1. The molecule has 0 aromatic heterocycles. The molecule has 27 heavy (non-hydrogen) atoms. The molecule has 0 radical (unpaired) electrons. The monoisotopic (exact) mass is 404 g/mol. The van der Waals surface area contributed by atoms with Crippen LogP contribution in [0.4, 0.5) is 10.1 Å². The Kier molecular flexibility index (Phi) is 4.76. The van der Waals surface area contributed by atoms with Gasteiger partial charge in [-0.05, 0) is 42.7 Å². The molecule has 142 valence electrons.